The molecule has 1 N–H and O–H groups in total. The highest BCUT2D eigenvalue weighted by Crippen LogP contribution is 2.14. The maximum absolute atomic E-state index is 10.6. The van der Waals surface area contributed by atoms with Gasteiger partial charge >= 0.3 is 0 Å². The predicted molar refractivity (Wildman–Crippen MR) is 79.7 cm³/mol. The molecule has 0 spiro atoms. The van der Waals surface area contributed by atoms with Crippen LogP contribution in [0.2, 0.25) is 0 Å². The topological polar surface area (TPSA) is 58.4 Å². The Bertz CT molecular complexity index is 433. The Kier molecular flexibility index (Phi) is 5.49. The summed E-state index contributed by atoms with van der Waals surface area (Å²) in [6.07, 6.45) is 3.63. The van der Waals surface area contributed by atoms with Gasteiger partial charge in [0.25, 0.3) is 5.69 Å². The Morgan fingerprint density at radius 3 is 2.70 bits per heavy atom. The molecule has 0 aliphatic carbocycles. The minimum absolute atomic E-state index is 0.154. The molecule has 110 valence electrons. The first-order valence-corrected chi connectivity index (χ1v) is 7.38. The molecule has 1 unspecified atom stereocenters. The highest BCUT2D eigenvalue weighted by atomic mass is 16.6. The van der Waals surface area contributed by atoms with Crippen LogP contribution in [0.15, 0.2) is 24.3 Å². The van der Waals surface area contributed by atoms with Gasteiger partial charge in [-0.3, -0.25) is 10.1 Å². The molecule has 20 heavy (non-hydrogen) atoms. The molecule has 0 amide bonds. The zero-order valence-electron chi connectivity index (χ0n) is 12.0. The van der Waals surface area contributed by atoms with Crippen LogP contribution in [-0.4, -0.2) is 35.5 Å². The van der Waals surface area contributed by atoms with Gasteiger partial charge in [-0.1, -0.05) is 19.1 Å². The van der Waals surface area contributed by atoms with E-state index in [-0.39, 0.29) is 10.6 Å². The van der Waals surface area contributed by atoms with E-state index in [0.717, 1.165) is 25.2 Å². The van der Waals surface area contributed by atoms with Crippen molar-refractivity contribution in [2.24, 2.45) is 0 Å². The summed E-state index contributed by atoms with van der Waals surface area (Å²) in [5.74, 6) is 0. The summed E-state index contributed by atoms with van der Waals surface area (Å²) in [5, 5.41) is 14.2. The number of benzene rings is 1. The van der Waals surface area contributed by atoms with E-state index < -0.39 is 0 Å². The van der Waals surface area contributed by atoms with Gasteiger partial charge in [-0.25, -0.2) is 0 Å². The number of non-ortho nitro benzene ring substituents is 1. The van der Waals surface area contributed by atoms with Crippen molar-refractivity contribution in [1.82, 2.24) is 10.2 Å². The summed E-state index contributed by atoms with van der Waals surface area (Å²) in [6, 6.07) is 7.37. The molecule has 1 aromatic rings. The van der Waals surface area contributed by atoms with Crippen LogP contribution < -0.4 is 5.32 Å². The van der Waals surface area contributed by atoms with E-state index in [1.807, 2.05) is 12.1 Å². The van der Waals surface area contributed by atoms with Crippen molar-refractivity contribution in [3.63, 3.8) is 0 Å². The predicted octanol–water partition coefficient (Wildman–Crippen LogP) is 2.56. The van der Waals surface area contributed by atoms with E-state index in [4.69, 9.17) is 0 Å². The van der Waals surface area contributed by atoms with E-state index in [9.17, 15) is 10.1 Å². The smallest absolute Gasteiger partial charge is 0.269 e. The third kappa shape index (κ3) is 4.28. The number of likely N-dealkylation sites (tertiary alicyclic amines) is 1. The molecular formula is C15H23N3O2. The minimum atomic E-state index is -0.359. The summed E-state index contributed by atoms with van der Waals surface area (Å²) < 4.78 is 0. The zero-order valence-corrected chi connectivity index (χ0v) is 12.0. The Morgan fingerprint density at radius 2 is 2.05 bits per heavy atom. The fourth-order valence-electron chi connectivity index (χ4n) is 2.67. The Morgan fingerprint density at radius 1 is 1.30 bits per heavy atom. The van der Waals surface area contributed by atoms with Crippen LogP contribution in [0, 0.1) is 10.1 Å². The Labute approximate surface area is 120 Å². The van der Waals surface area contributed by atoms with E-state index in [1.54, 1.807) is 12.1 Å². The molecule has 0 saturated carbocycles. The number of rotatable bonds is 5. The second-order valence-corrected chi connectivity index (χ2v) is 5.37. The summed E-state index contributed by atoms with van der Waals surface area (Å²) in [6.45, 7) is 6.50. The number of hydrogen-bond acceptors (Lipinski definition) is 4. The van der Waals surface area contributed by atoms with Crippen molar-refractivity contribution in [1.29, 1.82) is 0 Å². The maximum Gasteiger partial charge on any atom is 0.269 e. The van der Waals surface area contributed by atoms with E-state index >= 15 is 0 Å². The lowest BCUT2D eigenvalue weighted by molar-refractivity contribution is -0.384. The van der Waals surface area contributed by atoms with Gasteiger partial charge in [0, 0.05) is 24.7 Å². The van der Waals surface area contributed by atoms with Crippen LogP contribution in [0.1, 0.15) is 31.7 Å². The average molecular weight is 277 g/mol. The molecule has 0 bridgehead atoms. The lowest BCUT2D eigenvalue weighted by atomic mass is 10.1. The van der Waals surface area contributed by atoms with Gasteiger partial charge in [0.1, 0.15) is 0 Å². The molecule has 1 fully saturated rings. The van der Waals surface area contributed by atoms with Gasteiger partial charge in [0.15, 0.2) is 0 Å². The van der Waals surface area contributed by atoms with Crippen LogP contribution in [-0.2, 0) is 6.54 Å². The lowest BCUT2D eigenvalue weighted by Crippen LogP contribution is -2.30. The largest absolute Gasteiger partial charge is 0.310 e. The van der Waals surface area contributed by atoms with Crippen LogP contribution in [0.5, 0.6) is 0 Å². The van der Waals surface area contributed by atoms with E-state index in [2.05, 4.69) is 17.1 Å². The normalized spacial score (nSPS) is 20.6. The number of nitro groups is 1. The minimum Gasteiger partial charge on any atom is -0.310 e. The van der Waals surface area contributed by atoms with Crippen LogP contribution >= 0.6 is 0 Å². The Hall–Kier alpha value is -1.46. The molecule has 1 saturated heterocycles. The van der Waals surface area contributed by atoms with Crippen LogP contribution in [0.4, 0.5) is 5.69 Å². The second-order valence-electron chi connectivity index (χ2n) is 5.37. The average Bonchev–Trinajstić information content (AvgIpc) is 2.70. The summed E-state index contributed by atoms with van der Waals surface area (Å²) in [4.78, 5) is 12.7. The molecule has 5 heteroatoms. The van der Waals surface area contributed by atoms with Gasteiger partial charge in [-0.05, 0) is 44.5 Å². The molecule has 2 rings (SSSR count). The lowest BCUT2D eigenvalue weighted by Gasteiger charge is -2.18. The van der Waals surface area contributed by atoms with Gasteiger partial charge in [-0.15, -0.1) is 0 Å². The van der Waals surface area contributed by atoms with Crippen molar-refractivity contribution >= 4 is 5.69 Å². The summed E-state index contributed by atoms with van der Waals surface area (Å²) in [5.41, 5.74) is 1.26. The fourth-order valence-corrected chi connectivity index (χ4v) is 2.67. The molecular weight excluding hydrogens is 254 g/mol. The van der Waals surface area contributed by atoms with Gasteiger partial charge in [-0.2, -0.15) is 0 Å². The van der Waals surface area contributed by atoms with Crippen molar-refractivity contribution in [3.05, 3.63) is 39.9 Å². The van der Waals surface area contributed by atoms with Gasteiger partial charge in [0.05, 0.1) is 4.92 Å². The molecule has 0 radical (unpaired) electrons. The van der Waals surface area contributed by atoms with Crippen LogP contribution in [0.3, 0.4) is 0 Å². The van der Waals surface area contributed by atoms with Crippen molar-refractivity contribution < 1.29 is 4.92 Å². The first-order chi connectivity index (χ1) is 9.69. The van der Waals surface area contributed by atoms with E-state index in [0.29, 0.717) is 6.04 Å². The number of hydrogen-bond donors (Lipinski definition) is 1. The van der Waals surface area contributed by atoms with Gasteiger partial charge < -0.3 is 10.2 Å². The first kappa shape index (κ1) is 14.9. The first-order valence-electron chi connectivity index (χ1n) is 7.38. The number of nitrogens with zero attached hydrogens (tertiary/aromatic N) is 2. The highest BCUT2D eigenvalue weighted by Gasteiger charge is 2.15. The fraction of sp³-hybridized carbons (Fsp3) is 0.600. The van der Waals surface area contributed by atoms with Gasteiger partial charge in [0.2, 0.25) is 0 Å². The van der Waals surface area contributed by atoms with E-state index in [1.165, 1.54) is 25.8 Å². The monoisotopic (exact) mass is 277 g/mol. The molecule has 1 aliphatic heterocycles. The SMILES string of the molecule is CCN1CCCC(NCc2ccc([N+](=O)[O-])cc2)CC1. The number of nitrogens with one attached hydrogen (secondary N) is 1. The van der Waals surface area contributed by atoms with Crippen LogP contribution in [0.25, 0.3) is 0 Å². The second kappa shape index (κ2) is 7.36. The highest BCUT2D eigenvalue weighted by molar-refractivity contribution is 5.32. The quantitative estimate of drug-likeness (QED) is 0.664. The third-order valence-electron chi connectivity index (χ3n) is 4.01. The molecule has 0 aromatic heterocycles. The van der Waals surface area contributed by atoms with Crippen molar-refractivity contribution in [3.8, 4) is 0 Å². The molecule has 1 heterocycles. The van der Waals surface area contributed by atoms with Crippen molar-refractivity contribution in [2.75, 3.05) is 19.6 Å². The van der Waals surface area contributed by atoms with Crippen molar-refractivity contribution in [2.45, 2.75) is 38.8 Å². The molecule has 1 aromatic carbocycles. The summed E-state index contributed by atoms with van der Waals surface area (Å²) >= 11 is 0. The molecule has 5 nitrogen and oxygen atoms in total. The molecule has 1 aliphatic rings. The summed E-state index contributed by atoms with van der Waals surface area (Å²) in [7, 11) is 0. The third-order valence-corrected chi connectivity index (χ3v) is 4.01. The standard InChI is InChI=1S/C15H23N3O2/c1-2-17-10-3-4-14(9-11-17)16-12-13-5-7-15(8-6-13)18(19)20/h5-8,14,16H,2-4,9-12H2,1H3. The zero-order chi connectivity index (χ0) is 14.4. The molecule has 1 atom stereocenters. The number of nitro benzene ring substituents is 1. The maximum atomic E-state index is 10.6. The Balaban J connectivity index is 1.81.